The van der Waals surface area contributed by atoms with Crippen LogP contribution < -0.4 is 0 Å². The Morgan fingerprint density at radius 1 is 1.20 bits per heavy atom. The van der Waals surface area contributed by atoms with Gasteiger partial charge in [0.1, 0.15) is 5.75 Å². The summed E-state index contributed by atoms with van der Waals surface area (Å²) in [4.78, 5) is 11.6. The zero-order chi connectivity index (χ0) is 11.0. The molecule has 0 spiro atoms. The highest BCUT2D eigenvalue weighted by Gasteiger charge is 2.21. The van der Waals surface area contributed by atoms with E-state index >= 15 is 0 Å². The molecule has 0 saturated carbocycles. The van der Waals surface area contributed by atoms with Crippen molar-refractivity contribution in [1.29, 1.82) is 0 Å². The molecule has 74 valence electrons. The topological polar surface area (TPSA) is 37.3 Å². The summed E-state index contributed by atoms with van der Waals surface area (Å²) in [6.45, 7) is 7.51. The fourth-order valence-electron chi connectivity index (χ4n) is 1.72. The molecular formula is C13H10O2. The van der Waals surface area contributed by atoms with Crippen LogP contribution in [0.15, 0.2) is 37.4 Å². The highest BCUT2D eigenvalue weighted by atomic mass is 16.3. The lowest BCUT2D eigenvalue weighted by atomic mass is 9.88. The minimum absolute atomic E-state index is 0.00824. The maximum absolute atomic E-state index is 11.6. The third-order valence-corrected chi connectivity index (χ3v) is 2.44. The van der Waals surface area contributed by atoms with Gasteiger partial charge in [0.15, 0.2) is 5.78 Å². The van der Waals surface area contributed by atoms with Gasteiger partial charge in [-0.15, -0.1) is 0 Å². The van der Waals surface area contributed by atoms with Crippen LogP contribution in [0.25, 0.3) is 11.6 Å². The predicted octanol–water partition coefficient (Wildman–Crippen LogP) is 2.80. The Hall–Kier alpha value is -2.09. The van der Waals surface area contributed by atoms with Crippen molar-refractivity contribution in [1.82, 2.24) is 0 Å². The summed E-state index contributed by atoms with van der Waals surface area (Å²) in [6.07, 6.45) is 4.71. The van der Waals surface area contributed by atoms with E-state index < -0.39 is 0 Å². The molecule has 0 aromatic heterocycles. The van der Waals surface area contributed by atoms with Crippen LogP contribution in [0.3, 0.4) is 0 Å². The lowest BCUT2D eigenvalue weighted by molar-refractivity contribution is 0.104. The molecule has 0 fully saturated rings. The smallest absolute Gasteiger partial charge is 0.190 e. The highest BCUT2D eigenvalue weighted by Crippen LogP contribution is 2.34. The van der Waals surface area contributed by atoms with Crippen LogP contribution in [0.5, 0.6) is 5.75 Å². The maximum Gasteiger partial charge on any atom is 0.190 e. The largest absolute Gasteiger partial charge is 0.507 e. The molecule has 15 heavy (non-hydrogen) atoms. The standard InChI is InChI=1S/C13H10O2/c1-3-9-5-7-11(15)13-10(14)6-4-8(2)12(9)13/h3-7,15H,1-2H2. The molecule has 0 bridgehead atoms. The van der Waals surface area contributed by atoms with Gasteiger partial charge >= 0.3 is 0 Å². The second-order valence-electron chi connectivity index (χ2n) is 3.35. The normalized spacial score (nSPS) is 13.9. The summed E-state index contributed by atoms with van der Waals surface area (Å²) in [7, 11) is 0. The molecule has 1 aromatic rings. The summed E-state index contributed by atoms with van der Waals surface area (Å²) >= 11 is 0. The number of rotatable bonds is 1. The fourth-order valence-corrected chi connectivity index (χ4v) is 1.72. The number of ketones is 1. The molecule has 0 unspecified atom stereocenters. The van der Waals surface area contributed by atoms with Crippen molar-refractivity contribution in [3.8, 4) is 5.75 Å². The zero-order valence-electron chi connectivity index (χ0n) is 8.16. The van der Waals surface area contributed by atoms with Gasteiger partial charge in [0, 0.05) is 5.56 Å². The molecule has 0 radical (unpaired) electrons. The number of carbonyl (C=O) groups excluding carboxylic acids is 1. The van der Waals surface area contributed by atoms with Gasteiger partial charge in [-0.2, -0.15) is 0 Å². The second kappa shape index (κ2) is 3.24. The summed E-state index contributed by atoms with van der Waals surface area (Å²) in [5.74, 6) is -0.204. The molecule has 1 aliphatic rings. The number of phenols is 1. The van der Waals surface area contributed by atoms with Crippen molar-refractivity contribution in [3.63, 3.8) is 0 Å². The molecule has 2 rings (SSSR count). The van der Waals surface area contributed by atoms with Crippen molar-refractivity contribution in [3.05, 3.63) is 54.1 Å². The molecule has 1 N–H and O–H groups in total. The summed E-state index contributed by atoms with van der Waals surface area (Å²) < 4.78 is 0. The van der Waals surface area contributed by atoms with E-state index in [1.54, 1.807) is 18.2 Å². The van der Waals surface area contributed by atoms with E-state index in [-0.39, 0.29) is 11.5 Å². The number of allylic oxidation sites excluding steroid dienone is 3. The Kier molecular flexibility index (Phi) is 2.05. The van der Waals surface area contributed by atoms with Crippen molar-refractivity contribution < 1.29 is 9.90 Å². The molecule has 1 aromatic carbocycles. The molecule has 0 heterocycles. The zero-order valence-corrected chi connectivity index (χ0v) is 8.16. The van der Waals surface area contributed by atoms with Crippen LogP contribution in [0, 0.1) is 0 Å². The molecule has 2 heteroatoms. The van der Waals surface area contributed by atoms with Crippen molar-refractivity contribution in [2.45, 2.75) is 0 Å². The van der Waals surface area contributed by atoms with Crippen molar-refractivity contribution in [2.75, 3.05) is 0 Å². The first-order valence-corrected chi connectivity index (χ1v) is 4.55. The van der Waals surface area contributed by atoms with E-state index in [1.165, 1.54) is 12.1 Å². The number of phenolic OH excluding ortho intramolecular Hbond substituents is 1. The third kappa shape index (κ3) is 1.31. The Labute approximate surface area is 87.9 Å². The van der Waals surface area contributed by atoms with Crippen LogP contribution >= 0.6 is 0 Å². The van der Waals surface area contributed by atoms with Gasteiger partial charge in [-0.05, 0) is 23.3 Å². The van der Waals surface area contributed by atoms with Crippen molar-refractivity contribution >= 4 is 17.4 Å². The number of aromatic hydroxyl groups is 1. The number of hydrogen-bond donors (Lipinski definition) is 1. The number of fused-ring (bicyclic) bond motifs is 1. The fraction of sp³-hybridized carbons (Fsp3) is 0. The van der Waals surface area contributed by atoms with Gasteiger partial charge in [-0.25, -0.2) is 0 Å². The first-order valence-electron chi connectivity index (χ1n) is 4.55. The quantitative estimate of drug-likeness (QED) is 0.753. The first-order chi connectivity index (χ1) is 7.15. The van der Waals surface area contributed by atoms with E-state index in [4.69, 9.17) is 0 Å². The van der Waals surface area contributed by atoms with E-state index in [0.717, 1.165) is 11.1 Å². The molecule has 0 saturated heterocycles. The molecule has 1 aliphatic carbocycles. The molecule has 0 atom stereocenters. The minimum Gasteiger partial charge on any atom is -0.507 e. The number of benzene rings is 1. The Morgan fingerprint density at radius 3 is 2.60 bits per heavy atom. The van der Waals surface area contributed by atoms with Gasteiger partial charge in [0.2, 0.25) is 0 Å². The van der Waals surface area contributed by atoms with Gasteiger partial charge in [-0.1, -0.05) is 31.4 Å². The monoisotopic (exact) mass is 198 g/mol. The molecule has 0 amide bonds. The average Bonchev–Trinajstić information content (AvgIpc) is 2.23. The average molecular weight is 198 g/mol. The van der Waals surface area contributed by atoms with Crippen LogP contribution in [0.4, 0.5) is 0 Å². The molecular weight excluding hydrogens is 188 g/mol. The summed E-state index contributed by atoms with van der Waals surface area (Å²) in [5, 5.41) is 9.63. The minimum atomic E-state index is -0.196. The van der Waals surface area contributed by atoms with Crippen LogP contribution in [-0.4, -0.2) is 10.9 Å². The Morgan fingerprint density at radius 2 is 1.93 bits per heavy atom. The van der Waals surface area contributed by atoms with Gasteiger partial charge in [-0.3, -0.25) is 4.79 Å². The maximum atomic E-state index is 11.6. The lowest BCUT2D eigenvalue weighted by Gasteiger charge is -2.16. The van der Waals surface area contributed by atoms with E-state index in [9.17, 15) is 9.90 Å². The summed E-state index contributed by atoms with van der Waals surface area (Å²) in [5.41, 5.74) is 2.53. The van der Waals surface area contributed by atoms with Gasteiger partial charge < -0.3 is 5.11 Å². The highest BCUT2D eigenvalue weighted by molar-refractivity contribution is 6.14. The van der Waals surface area contributed by atoms with Crippen LogP contribution in [-0.2, 0) is 0 Å². The molecule has 2 nitrogen and oxygen atoms in total. The first kappa shape index (κ1) is 9.46. The SMILES string of the molecule is C=Cc1ccc(O)c2c1C(=C)C=CC2=O. The van der Waals surface area contributed by atoms with Crippen LogP contribution in [0.1, 0.15) is 21.5 Å². The number of hydrogen-bond acceptors (Lipinski definition) is 2. The van der Waals surface area contributed by atoms with Gasteiger partial charge in [0.05, 0.1) is 5.56 Å². The van der Waals surface area contributed by atoms with E-state index in [1.807, 2.05) is 0 Å². The van der Waals surface area contributed by atoms with Crippen LogP contribution in [0.2, 0.25) is 0 Å². The van der Waals surface area contributed by atoms with Crippen molar-refractivity contribution in [2.24, 2.45) is 0 Å². The Bertz CT molecular complexity index is 508. The van der Waals surface area contributed by atoms with Gasteiger partial charge in [0.25, 0.3) is 0 Å². The summed E-state index contributed by atoms with van der Waals surface area (Å²) in [6, 6.07) is 3.22. The predicted molar refractivity (Wildman–Crippen MR) is 60.7 cm³/mol. The third-order valence-electron chi connectivity index (χ3n) is 2.44. The van der Waals surface area contributed by atoms with E-state index in [0.29, 0.717) is 11.1 Å². The second-order valence-corrected chi connectivity index (χ2v) is 3.35. The molecule has 0 aliphatic heterocycles. The van der Waals surface area contributed by atoms with E-state index in [2.05, 4.69) is 13.2 Å². The lowest BCUT2D eigenvalue weighted by Crippen LogP contribution is -2.06. The number of carbonyl (C=O) groups is 1. The Balaban J connectivity index is 2.84.